The van der Waals surface area contributed by atoms with Crippen molar-refractivity contribution in [3.63, 3.8) is 0 Å². The number of anilines is 1. The molecular formula is C18H17N3O2S2. The molecule has 0 spiro atoms. The van der Waals surface area contributed by atoms with Crippen LogP contribution in [-0.4, -0.2) is 21.9 Å². The summed E-state index contributed by atoms with van der Waals surface area (Å²) in [5.74, 6) is 2.21. The first kappa shape index (κ1) is 17.4. The van der Waals surface area contributed by atoms with Gasteiger partial charge >= 0.3 is 0 Å². The van der Waals surface area contributed by atoms with Crippen LogP contribution in [0, 0.1) is 0 Å². The third-order valence-corrected chi connectivity index (χ3v) is 5.33. The fourth-order valence-corrected chi connectivity index (χ4v) is 3.65. The topological polar surface area (TPSA) is 64.1 Å². The molecule has 1 aromatic heterocycles. The van der Waals surface area contributed by atoms with Gasteiger partial charge in [-0.3, -0.25) is 10.1 Å². The number of nitrogens with one attached hydrogen (secondary N) is 1. The molecule has 7 heteroatoms. The molecule has 1 amide bonds. The highest BCUT2D eigenvalue weighted by molar-refractivity contribution is 8.01. The molecular weight excluding hydrogens is 354 g/mol. The van der Waals surface area contributed by atoms with Gasteiger partial charge in [-0.25, -0.2) is 0 Å². The molecule has 128 valence electrons. The molecule has 1 heterocycles. The molecule has 0 atom stereocenters. The summed E-state index contributed by atoms with van der Waals surface area (Å²) in [4.78, 5) is 12.3. The highest BCUT2D eigenvalue weighted by Gasteiger charge is 2.10. The van der Waals surface area contributed by atoms with E-state index in [4.69, 9.17) is 4.74 Å². The monoisotopic (exact) mass is 371 g/mol. The number of ether oxygens (including phenoxy) is 1. The standard InChI is InChI=1S/C18H17N3O2S2/c1-2-12-24-18-21-20-17(25-18)19-16(22)13-8-10-15(11-9-13)23-14-6-4-3-5-7-14/h3-11H,2,12H2,1H3,(H,19,20,22). The van der Waals surface area contributed by atoms with Crippen LogP contribution in [0.2, 0.25) is 0 Å². The van der Waals surface area contributed by atoms with E-state index >= 15 is 0 Å². The fraction of sp³-hybridized carbons (Fsp3) is 0.167. The molecule has 0 aliphatic carbocycles. The molecule has 25 heavy (non-hydrogen) atoms. The van der Waals surface area contributed by atoms with Crippen molar-refractivity contribution in [3.8, 4) is 11.5 Å². The second kappa shape index (κ2) is 8.64. The number of hydrogen-bond acceptors (Lipinski definition) is 6. The van der Waals surface area contributed by atoms with Crippen molar-refractivity contribution < 1.29 is 9.53 Å². The summed E-state index contributed by atoms with van der Waals surface area (Å²) in [5, 5.41) is 11.3. The number of carbonyl (C=O) groups excluding carboxylic acids is 1. The van der Waals surface area contributed by atoms with Crippen LogP contribution in [0.1, 0.15) is 23.7 Å². The number of amides is 1. The fourth-order valence-electron chi connectivity index (χ4n) is 1.98. The Bertz CT molecular complexity index is 820. The van der Waals surface area contributed by atoms with Crippen LogP contribution >= 0.6 is 23.1 Å². The highest BCUT2D eigenvalue weighted by atomic mass is 32.2. The molecule has 0 aliphatic rings. The first-order valence-corrected chi connectivity index (χ1v) is 9.65. The van der Waals surface area contributed by atoms with E-state index in [9.17, 15) is 4.79 Å². The van der Waals surface area contributed by atoms with Crippen LogP contribution in [-0.2, 0) is 0 Å². The maximum atomic E-state index is 12.3. The van der Waals surface area contributed by atoms with E-state index in [0.29, 0.717) is 16.4 Å². The molecule has 3 rings (SSSR count). The Morgan fingerprint density at radius 2 is 1.80 bits per heavy atom. The Kier molecular flexibility index (Phi) is 6.03. The minimum Gasteiger partial charge on any atom is -0.457 e. The number of carbonyl (C=O) groups is 1. The van der Waals surface area contributed by atoms with Gasteiger partial charge < -0.3 is 4.74 Å². The maximum absolute atomic E-state index is 12.3. The van der Waals surface area contributed by atoms with E-state index in [1.165, 1.54) is 11.3 Å². The van der Waals surface area contributed by atoms with Crippen LogP contribution in [0.5, 0.6) is 11.5 Å². The summed E-state index contributed by atoms with van der Waals surface area (Å²) < 4.78 is 6.58. The Labute approximate surface area is 154 Å². The second-order valence-corrected chi connectivity index (χ2v) is 7.43. The SMILES string of the molecule is CCCSc1nnc(NC(=O)c2ccc(Oc3ccccc3)cc2)s1. The van der Waals surface area contributed by atoms with Gasteiger partial charge in [0, 0.05) is 11.3 Å². The smallest absolute Gasteiger partial charge is 0.257 e. The zero-order valence-electron chi connectivity index (χ0n) is 13.6. The maximum Gasteiger partial charge on any atom is 0.257 e. The van der Waals surface area contributed by atoms with E-state index in [0.717, 1.165) is 22.3 Å². The van der Waals surface area contributed by atoms with Crippen molar-refractivity contribution >= 4 is 34.1 Å². The molecule has 5 nitrogen and oxygen atoms in total. The van der Waals surface area contributed by atoms with Crippen molar-refractivity contribution in [3.05, 3.63) is 60.2 Å². The minimum absolute atomic E-state index is 0.213. The quantitative estimate of drug-likeness (QED) is 0.463. The largest absolute Gasteiger partial charge is 0.457 e. The summed E-state index contributed by atoms with van der Waals surface area (Å²) in [6.07, 6.45) is 1.07. The third kappa shape index (κ3) is 5.04. The molecule has 0 saturated carbocycles. The molecule has 0 unspecified atom stereocenters. The number of thioether (sulfide) groups is 1. The van der Waals surface area contributed by atoms with E-state index in [-0.39, 0.29) is 5.91 Å². The summed E-state index contributed by atoms with van der Waals surface area (Å²) >= 11 is 3.03. The lowest BCUT2D eigenvalue weighted by Crippen LogP contribution is -2.11. The van der Waals surface area contributed by atoms with E-state index in [2.05, 4.69) is 22.4 Å². The van der Waals surface area contributed by atoms with Gasteiger partial charge in [0.05, 0.1) is 0 Å². The average molecular weight is 371 g/mol. The van der Waals surface area contributed by atoms with Gasteiger partial charge in [-0.15, -0.1) is 10.2 Å². The van der Waals surface area contributed by atoms with Crippen LogP contribution in [0.25, 0.3) is 0 Å². The molecule has 0 saturated heterocycles. The number of rotatable bonds is 7. The van der Waals surface area contributed by atoms with E-state index < -0.39 is 0 Å². The lowest BCUT2D eigenvalue weighted by molar-refractivity contribution is 0.102. The van der Waals surface area contributed by atoms with Crippen molar-refractivity contribution in [2.75, 3.05) is 11.1 Å². The lowest BCUT2D eigenvalue weighted by Gasteiger charge is -2.06. The summed E-state index contributed by atoms with van der Waals surface area (Å²) in [6.45, 7) is 2.11. The van der Waals surface area contributed by atoms with E-state index in [1.54, 1.807) is 36.0 Å². The first-order valence-electron chi connectivity index (χ1n) is 7.85. The molecule has 1 N–H and O–H groups in total. The highest BCUT2D eigenvalue weighted by Crippen LogP contribution is 2.26. The number of nitrogens with zero attached hydrogens (tertiary/aromatic N) is 2. The third-order valence-electron chi connectivity index (χ3n) is 3.15. The Morgan fingerprint density at radius 3 is 2.52 bits per heavy atom. The van der Waals surface area contributed by atoms with Gasteiger partial charge in [0.15, 0.2) is 4.34 Å². The Hall–Kier alpha value is -2.38. The lowest BCUT2D eigenvalue weighted by atomic mass is 10.2. The van der Waals surface area contributed by atoms with Crippen LogP contribution < -0.4 is 10.1 Å². The van der Waals surface area contributed by atoms with Gasteiger partial charge in [0.25, 0.3) is 5.91 Å². The van der Waals surface area contributed by atoms with Gasteiger partial charge in [-0.2, -0.15) is 0 Å². The van der Waals surface area contributed by atoms with Crippen molar-refractivity contribution in [2.24, 2.45) is 0 Å². The van der Waals surface area contributed by atoms with Gasteiger partial charge in [0.2, 0.25) is 5.13 Å². The summed E-state index contributed by atoms with van der Waals surface area (Å²) in [5.41, 5.74) is 0.540. The normalized spacial score (nSPS) is 10.4. The zero-order valence-corrected chi connectivity index (χ0v) is 15.3. The predicted molar refractivity (Wildman–Crippen MR) is 102 cm³/mol. The van der Waals surface area contributed by atoms with Crippen molar-refractivity contribution in [1.82, 2.24) is 10.2 Å². The number of aromatic nitrogens is 2. The minimum atomic E-state index is -0.213. The Balaban J connectivity index is 1.59. The molecule has 3 aromatic rings. The number of hydrogen-bond donors (Lipinski definition) is 1. The van der Waals surface area contributed by atoms with E-state index in [1.807, 2.05) is 30.3 Å². The van der Waals surface area contributed by atoms with Crippen LogP contribution in [0.3, 0.4) is 0 Å². The molecule has 0 radical (unpaired) electrons. The Morgan fingerprint density at radius 1 is 1.08 bits per heavy atom. The second-order valence-electron chi connectivity index (χ2n) is 5.12. The summed E-state index contributed by atoms with van der Waals surface area (Å²) in [6, 6.07) is 16.5. The molecule has 0 fully saturated rings. The van der Waals surface area contributed by atoms with Gasteiger partial charge in [0.1, 0.15) is 11.5 Å². The van der Waals surface area contributed by atoms with Gasteiger partial charge in [-0.1, -0.05) is 48.2 Å². The van der Waals surface area contributed by atoms with Crippen LogP contribution in [0.4, 0.5) is 5.13 Å². The van der Waals surface area contributed by atoms with Crippen molar-refractivity contribution in [2.45, 2.75) is 17.7 Å². The average Bonchev–Trinajstić information content (AvgIpc) is 3.08. The number of benzene rings is 2. The first-order chi connectivity index (χ1) is 12.2. The zero-order chi connectivity index (χ0) is 17.5. The molecule has 0 aliphatic heterocycles. The molecule has 0 bridgehead atoms. The predicted octanol–water partition coefficient (Wildman–Crippen LogP) is 5.08. The van der Waals surface area contributed by atoms with Gasteiger partial charge in [-0.05, 0) is 42.8 Å². The van der Waals surface area contributed by atoms with Crippen LogP contribution in [0.15, 0.2) is 58.9 Å². The summed E-state index contributed by atoms with van der Waals surface area (Å²) in [7, 11) is 0. The van der Waals surface area contributed by atoms with Crippen molar-refractivity contribution in [1.29, 1.82) is 0 Å². The molecule has 2 aromatic carbocycles. The number of para-hydroxylation sites is 1.